The molecule has 1 saturated heterocycles. The van der Waals surface area contributed by atoms with E-state index in [1.807, 2.05) is 0 Å². The van der Waals surface area contributed by atoms with Crippen molar-refractivity contribution in [3.8, 4) is 0 Å². The molecule has 4 N–H and O–H groups in total. The van der Waals surface area contributed by atoms with Crippen molar-refractivity contribution in [2.75, 3.05) is 30.0 Å². The van der Waals surface area contributed by atoms with E-state index < -0.39 is 27.3 Å². The highest BCUT2D eigenvalue weighted by Crippen LogP contribution is 2.38. The molecule has 2 fully saturated rings. The summed E-state index contributed by atoms with van der Waals surface area (Å²) in [6.07, 6.45) is 6.41. The standard InChI is InChI=1S/C24H29ClF2N8O3S/c1-39(37,38)34-8-2-3-15(12-34)30-23-29-11-19-22(33-23)35(16-6-4-13(5-7-16)21(28)36)24(31-19)32-20-17(26)9-14(25)10-18(20)27/h9-11,13,15-16H,2-8,12H2,1H3,(H2,28,36)(H,31,32)(H,29,30,33)/t13-,15-,16+/m1/s1. The molecule has 11 nitrogen and oxygen atoms in total. The maximum Gasteiger partial charge on any atom is 0.225 e. The van der Waals surface area contributed by atoms with Crippen LogP contribution in [0.4, 0.5) is 26.4 Å². The fraction of sp³-hybridized carbons (Fsp3) is 0.500. The molecule has 3 aromatic rings. The summed E-state index contributed by atoms with van der Waals surface area (Å²) < 4.78 is 56.5. The van der Waals surface area contributed by atoms with Gasteiger partial charge >= 0.3 is 0 Å². The van der Waals surface area contributed by atoms with Crippen LogP contribution in [0.15, 0.2) is 18.3 Å². The number of benzene rings is 1. The van der Waals surface area contributed by atoms with Crippen LogP contribution in [0.25, 0.3) is 11.2 Å². The molecule has 1 amide bonds. The van der Waals surface area contributed by atoms with Gasteiger partial charge in [-0.1, -0.05) is 11.6 Å². The van der Waals surface area contributed by atoms with Gasteiger partial charge in [-0.15, -0.1) is 0 Å². The Hall–Kier alpha value is -3.10. The molecule has 5 rings (SSSR count). The number of hydrogen-bond donors (Lipinski definition) is 3. The van der Waals surface area contributed by atoms with E-state index in [0.29, 0.717) is 56.4 Å². The van der Waals surface area contributed by atoms with Crippen molar-refractivity contribution in [2.24, 2.45) is 11.7 Å². The molecule has 1 aliphatic carbocycles. The molecule has 3 heterocycles. The maximum atomic E-state index is 14.6. The van der Waals surface area contributed by atoms with E-state index in [0.717, 1.165) is 18.6 Å². The number of anilines is 3. The van der Waals surface area contributed by atoms with Crippen LogP contribution in [0.5, 0.6) is 0 Å². The van der Waals surface area contributed by atoms with E-state index in [1.165, 1.54) is 16.8 Å². The van der Waals surface area contributed by atoms with E-state index in [2.05, 4.69) is 25.6 Å². The first-order valence-electron chi connectivity index (χ1n) is 12.7. The van der Waals surface area contributed by atoms with E-state index in [9.17, 15) is 22.0 Å². The number of carbonyl (C=O) groups is 1. The first-order valence-corrected chi connectivity index (χ1v) is 14.9. The molecule has 2 aliphatic rings. The highest BCUT2D eigenvalue weighted by atomic mass is 35.5. The van der Waals surface area contributed by atoms with Crippen LogP contribution in [0.2, 0.25) is 5.02 Å². The normalized spacial score (nSPS) is 22.6. The van der Waals surface area contributed by atoms with Gasteiger partial charge in [-0.25, -0.2) is 31.5 Å². The lowest BCUT2D eigenvalue weighted by Gasteiger charge is -2.31. The molecular formula is C24H29ClF2N8O3S. The Morgan fingerprint density at radius 2 is 1.82 bits per heavy atom. The summed E-state index contributed by atoms with van der Waals surface area (Å²) >= 11 is 5.79. The highest BCUT2D eigenvalue weighted by Gasteiger charge is 2.30. The van der Waals surface area contributed by atoms with Crippen LogP contribution < -0.4 is 16.4 Å². The Balaban J connectivity index is 1.50. The molecule has 0 spiro atoms. The summed E-state index contributed by atoms with van der Waals surface area (Å²) in [4.78, 5) is 25.3. The number of imidazole rings is 1. The van der Waals surface area contributed by atoms with Gasteiger partial charge in [-0.2, -0.15) is 4.98 Å². The minimum Gasteiger partial charge on any atom is -0.369 e. The van der Waals surface area contributed by atoms with Gasteiger partial charge in [0.05, 0.1) is 12.5 Å². The van der Waals surface area contributed by atoms with E-state index in [4.69, 9.17) is 17.3 Å². The number of hydrogen-bond acceptors (Lipinski definition) is 8. The fourth-order valence-corrected chi connectivity index (χ4v) is 6.43. The molecule has 1 aliphatic heterocycles. The minimum absolute atomic E-state index is 0.0763. The van der Waals surface area contributed by atoms with E-state index in [1.54, 1.807) is 4.57 Å². The van der Waals surface area contributed by atoms with Gasteiger partial charge in [-0.05, 0) is 50.7 Å². The molecule has 1 saturated carbocycles. The second-order valence-electron chi connectivity index (χ2n) is 10.1. The lowest BCUT2D eigenvalue weighted by molar-refractivity contribution is -0.122. The van der Waals surface area contributed by atoms with Crippen molar-refractivity contribution in [1.82, 2.24) is 23.8 Å². The second kappa shape index (κ2) is 10.8. The SMILES string of the molecule is CS(=O)(=O)N1CCC[C@@H](Nc2ncc3nc(Nc4c(F)cc(Cl)cc4F)n([C@H]4CC[C@@H](C(N)=O)CC4)c3n2)C1. The van der Waals surface area contributed by atoms with Gasteiger partial charge in [0.15, 0.2) is 17.3 Å². The zero-order chi connectivity index (χ0) is 27.9. The zero-order valence-electron chi connectivity index (χ0n) is 21.2. The van der Waals surface area contributed by atoms with Crippen LogP contribution >= 0.6 is 11.6 Å². The second-order valence-corrected chi connectivity index (χ2v) is 12.5. The summed E-state index contributed by atoms with van der Waals surface area (Å²) in [5, 5.41) is 5.92. The molecule has 0 bridgehead atoms. The molecular weight excluding hydrogens is 554 g/mol. The smallest absolute Gasteiger partial charge is 0.225 e. The van der Waals surface area contributed by atoms with Gasteiger partial charge in [0.1, 0.15) is 11.2 Å². The third-order valence-electron chi connectivity index (χ3n) is 7.33. The molecule has 0 unspecified atom stereocenters. The first kappa shape index (κ1) is 27.5. The van der Waals surface area contributed by atoms with E-state index in [-0.39, 0.29) is 40.8 Å². The number of carbonyl (C=O) groups excluding carboxylic acids is 1. The number of nitrogens with zero attached hydrogens (tertiary/aromatic N) is 5. The van der Waals surface area contributed by atoms with Crippen molar-refractivity contribution < 1.29 is 22.0 Å². The predicted octanol–water partition coefficient (Wildman–Crippen LogP) is 3.55. The van der Waals surface area contributed by atoms with Gasteiger partial charge in [0.25, 0.3) is 0 Å². The third kappa shape index (κ3) is 5.92. The predicted molar refractivity (Wildman–Crippen MR) is 143 cm³/mol. The average molecular weight is 583 g/mol. The van der Waals surface area contributed by atoms with Gasteiger partial charge < -0.3 is 16.4 Å². The number of nitrogens with two attached hydrogens (primary N) is 1. The van der Waals surface area contributed by atoms with Crippen molar-refractivity contribution >= 4 is 56.3 Å². The third-order valence-corrected chi connectivity index (χ3v) is 8.81. The number of amides is 1. The Morgan fingerprint density at radius 1 is 1.13 bits per heavy atom. The van der Waals surface area contributed by atoms with Crippen molar-refractivity contribution in [3.63, 3.8) is 0 Å². The van der Waals surface area contributed by atoms with Crippen molar-refractivity contribution in [2.45, 2.75) is 50.6 Å². The zero-order valence-corrected chi connectivity index (χ0v) is 22.8. The summed E-state index contributed by atoms with van der Waals surface area (Å²) in [6.45, 7) is 0.753. The number of piperidine rings is 1. The number of aromatic nitrogens is 4. The van der Waals surface area contributed by atoms with Crippen molar-refractivity contribution in [3.05, 3.63) is 35.0 Å². The lowest BCUT2D eigenvalue weighted by Crippen LogP contribution is -2.44. The number of sulfonamides is 1. The minimum atomic E-state index is -3.33. The Labute approximate surface area is 229 Å². The fourth-order valence-electron chi connectivity index (χ4n) is 5.33. The topological polar surface area (TPSA) is 148 Å². The monoisotopic (exact) mass is 582 g/mol. The molecule has 39 heavy (non-hydrogen) atoms. The number of nitrogens with one attached hydrogen (secondary N) is 2. The van der Waals surface area contributed by atoms with Crippen LogP contribution in [0.3, 0.4) is 0 Å². The van der Waals surface area contributed by atoms with Crippen LogP contribution in [0, 0.1) is 17.6 Å². The summed E-state index contributed by atoms with van der Waals surface area (Å²) in [6, 6.07) is 1.64. The Bertz CT molecular complexity index is 1490. The van der Waals surface area contributed by atoms with Crippen molar-refractivity contribution in [1.29, 1.82) is 0 Å². The van der Waals surface area contributed by atoms with Gasteiger partial charge in [0.2, 0.25) is 27.8 Å². The van der Waals surface area contributed by atoms with Gasteiger partial charge in [0, 0.05) is 36.1 Å². The molecule has 210 valence electrons. The number of primary amides is 1. The average Bonchev–Trinajstić information content (AvgIpc) is 3.23. The Kier molecular flexibility index (Phi) is 7.62. The molecule has 1 atom stereocenters. The van der Waals surface area contributed by atoms with Crippen LogP contribution in [-0.2, 0) is 14.8 Å². The lowest BCUT2D eigenvalue weighted by atomic mass is 9.85. The summed E-state index contributed by atoms with van der Waals surface area (Å²) in [5.41, 5.74) is 5.94. The first-order chi connectivity index (χ1) is 18.5. The number of fused-ring (bicyclic) bond motifs is 1. The maximum absolute atomic E-state index is 14.6. The Morgan fingerprint density at radius 3 is 2.46 bits per heavy atom. The molecule has 2 aromatic heterocycles. The quantitative estimate of drug-likeness (QED) is 0.383. The van der Waals surface area contributed by atoms with Gasteiger partial charge in [-0.3, -0.25) is 9.36 Å². The summed E-state index contributed by atoms with van der Waals surface area (Å²) in [7, 11) is -3.33. The van der Waals surface area contributed by atoms with Crippen LogP contribution in [-0.4, -0.2) is 63.5 Å². The molecule has 1 aromatic carbocycles. The molecule has 0 radical (unpaired) electrons. The molecule has 15 heteroatoms. The number of rotatable bonds is 7. The van der Waals surface area contributed by atoms with E-state index >= 15 is 0 Å². The van der Waals surface area contributed by atoms with Crippen LogP contribution in [0.1, 0.15) is 44.6 Å². The summed E-state index contributed by atoms with van der Waals surface area (Å²) in [5.74, 6) is -1.90. The number of halogens is 3. The largest absolute Gasteiger partial charge is 0.369 e. The highest BCUT2D eigenvalue weighted by molar-refractivity contribution is 7.88.